The molecular weight excluding hydrogens is 212 g/mol. The lowest BCUT2D eigenvalue weighted by atomic mass is 10.4. The summed E-state index contributed by atoms with van der Waals surface area (Å²) >= 11 is 1.61. The van der Waals surface area contributed by atoms with E-state index in [0.717, 1.165) is 23.3 Å². The van der Waals surface area contributed by atoms with Crippen LogP contribution in [-0.2, 0) is 7.05 Å². The minimum atomic E-state index is 0.122. The van der Waals surface area contributed by atoms with Gasteiger partial charge in [0, 0.05) is 18.8 Å². The van der Waals surface area contributed by atoms with Crippen LogP contribution in [0.2, 0.25) is 0 Å². The molecule has 1 heterocycles. The summed E-state index contributed by atoms with van der Waals surface area (Å²) in [7, 11) is 1.94. The average Bonchev–Trinajstić information content (AvgIpc) is 2.55. The first-order chi connectivity index (χ1) is 7.19. The van der Waals surface area contributed by atoms with E-state index in [9.17, 15) is 0 Å². The maximum absolute atomic E-state index is 9.09. The normalized spacial score (nSPS) is 13.1. The smallest absolute Gasteiger partial charge is 0.190 e. The zero-order valence-electron chi connectivity index (χ0n) is 9.40. The molecule has 1 rings (SSSR count). The van der Waals surface area contributed by atoms with Gasteiger partial charge < -0.3 is 15.0 Å². The Morgan fingerprint density at radius 3 is 2.73 bits per heavy atom. The standard InChI is InChI=1S/C9H18N4OS/c1-4-10-8(5-14)6-15-9-12-11-7(2)13(9)3/h8,10,14H,4-6H2,1-3H3. The Hall–Kier alpha value is -0.590. The second-order valence-corrected chi connectivity index (χ2v) is 4.32. The van der Waals surface area contributed by atoms with Crippen LogP contribution >= 0.6 is 11.8 Å². The van der Waals surface area contributed by atoms with Crippen molar-refractivity contribution in [2.45, 2.75) is 25.0 Å². The zero-order chi connectivity index (χ0) is 11.3. The van der Waals surface area contributed by atoms with Crippen molar-refractivity contribution in [3.63, 3.8) is 0 Å². The number of rotatable bonds is 6. The van der Waals surface area contributed by atoms with E-state index in [2.05, 4.69) is 15.5 Å². The molecule has 1 aromatic heterocycles. The largest absolute Gasteiger partial charge is 0.395 e. The van der Waals surface area contributed by atoms with Crippen molar-refractivity contribution < 1.29 is 5.11 Å². The van der Waals surface area contributed by atoms with Crippen molar-refractivity contribution in [2.24, 2.45) is 7.05 Å². The fraction of sp³-hybridized carbons (Fsp3) is 0.778. The van der Waals surface area contributed by atoms with Crippen LogP contribution in [0.3, 0.4) is 0 Å². The zero-order valence-corrected chi connectivity index (χ0v) is 10.2. The Morgan fingerprint density at radius 1 is 1.53 bits per heavy atom. The van der Waals surface area contributed by atoms with Crippen LogP contribution in [0.4, 0.5) is 0 Å². The molecule has 5 nitrogen and oxygen atoms in total. The van der Waals surface area contributed by atoms with Gasteiger partial charge in [0.1, 0.15) is 5.82 Å². The van der Waals surface area contributed by atoms with Crippen molar-refractivity contribution in [3.05, 3.63) is 5.82 Å². The van der Waals surface area contributed by atoms with Crippen molar-refractivity contribution in [1.29, 1.82) is 0 Å². The summed E-state index contributed by atoms with van der Waals surface area (Å²) < 4.78 is 1.95. The molecule has 0 saturated carbocycles. The van der Waals surface area contributed by atoms with E-state index in [1.807, 2.05) is 25.5 Å². The Kier molecular flexibility index (Phi) is 5.07. The SMILES string of the molecule is CCNC(CO)CSc1nnc(C)n1C. The molecule has 2 N–H and O–H groups in total. The highest BCUT2D eigenvalue weighted by Crippen LogP contribution is 2.15. The second-order valence-electron chi connectivity index (χ2n) is 3.34. The van der Waals surface area contributed by atoms with Crippen LogP contribution in [0.15, 0.2) is 5.16 Å². The third-order valence-corrected chi connectivity index (χ3v) is 3.36. The van der Waals surface area contributed by atoms with Gasteiger partial charge >= 0.3 is 0 Å². The fourth-order valence-corrected chi connectivity index (χ4v) is 2.15. The third-order valence-electron chi connectivity index (χ3n) is 2.18. The monoisotopic (exact) mass is 230 g/mol. The predicted octanol–water partition coefficient (Wildman–Crippen LogP) is 0.186. The molecule has 0 aliphatic heterocycles. The number of nitrogens with zero attached hydrogens (tertiary/aromatic N) is 3. The molecule has 0 aromatic carbocycles. The Bertz CT molecular complexity index is 302. The van der Waals surface area contributed by atoms with Crippen LogP contribution in [0.5, 0.6) is 0 Å². The van der Waals surface area contributed by atoms with E-state index in [1.165, 1.54) is 0 Å². The molecule has 1 atom stereocenters. The van der Waals surface area contributed by atoms with Crippen LogP contribution < -0.4 is 5.32 Å². The number of aliphatic hydroxyl groups is 1. The molecule has 0 saturated heterocycles. The summed E-state index contributed by atoms with van der Waals surface area (Å²) in [6, 6.07) is 0.122. The number of thioether (sulfide) groups is 1. The summed E-state index contributed by atoms with van der Waals surface area (Å²) in [5.74, 6) is 1.71. The second kappa shape index (κ2) is 6.09. The molecule has 0 bridgehead atoms. The van der Waals surface area contributed by atoms with E-state index < -0.39 is 0 Å². The molecule has 0 radical (unpaired) electrons. The van der Waals surface area contributed by atoms with Crippen molar-refractivity contribution in [1.82, 2.24) is 20.1 Å². The van der Waals surface area contributed by atoms with Gasteiger partial charge in [-0.3, -0.25) is 0 Å². The van der Waals surface area contributed by atoms with Crippen LogP contribution in [0, 0.1) is 6.92 Å². The Morgan fingerprint density at radius 2 is 2.27 bits per heavy atom. The lowest BCUT2D eigenvalue weighted by Crippen LogP contribution is -2.34. The minimum Gasteiger partial charge on any atom is -0.395 e. The Balaban J connectivity index is 2.45. The van der Waals surface area contributed by atoms with E-state index in [-0.39, 0.29) is 12.6 Å². The van der Waals surface area contributed by atoms with E-state index in [1.54, 1.807) is 11.8 Å². The number of aliphatic hydroxyl groups excluding tert-OH is 1. The molecule has 1 aromatic rings. The number of likely N-dealkylation sites (N-methyl/N-ethyl adjacent to an activating group) is 1. The van der Waals surface area contributed by atoms with Gasteiger partial charge in [-0.05, 0) is 13.5 Å². The molecule has 1 unspecified atom stereocenters. The minimum absolute atomic E-state index is 0.122. The van der Waals surface area contributed by atoms with Gasteiger partial charge in [-0.25, -0.2) is 0 Å². The van der Waals surface area contributed by atoms with Crippen molar-refractivity contribution in [3.8, 4) is 0 Å². The molecule has 86 valence electrons. The van der Waals surface area contributed by atoms with Gasteiger partial charge in [-0.1, -0.05) is 18.7 Å². The average molecular weight is 230 g/mol. The first-order valence-electron chi connectivity index (χ1n) is 5.02. The molecule has 15 heavy (non-hydrogen) atoms. The number of hydrogen-bond donors (Lipinski definition) is 2. The van der Waals surface area contributed by atoms with Crippen LogP contribution in [0.1, 0.15) is 12.7 Å². The Labute approximate surface area is 94.3 Å². The number of nitrogens with one attached hydrogen (secondary N) is 1. The van der Waals surface area contributed by atoms with Gasteiger partial charge in [-0.15, -0.1) is 10.2 Å². The number of hydrogen-bond acceptors (Lipinski definition) is 5. The van der Waals surface area contributed by atoms with Crippen molar-refractivity contribution >= 4 is 11.8 Å². The third kappa shape index (κ3) is 3.48. The highest BCUT2D eigenvalue weighted by Gasteiger charge is 2.10. The molecule has 0 spiro atoms. The summed E-state index contributed by atoms with van der Waals surface area (Å²) in [5.41, 5.74) is 0. The topological polar surface area (TPSA) is 63.0 Å². The van der Waals surface area contributed by atoms with Gasteiger partial charge in [0.15, 0.2) is 5.16 Å². The molecular formula is C9H18N4OS. The molecule has 0 fully saturated rings. The summed E-state index contributed by atoms with van der Waals surface area (Å²) in [4.78, 5) is 0. The maximum Gasteiger partial charge on any atom is 0.190 e. The van der Waals surface area contributed by atoms with Gasteiger partial charge in [0.05, 0.1) is 6.61 Å². The van der Waals surface area contributed by atoms with Crippen LogP contribution in [0.25, 0.3) is 0 Å². The molecule has 6 heteroatoms. The highest BCUT2D eigenvalue weighted by atomic mass is 32.2. The predicted molar refractivity (Wildman–Crippen MR) is 61.0 cm³/mol. The van der Waals surface area contributed by atoms with Crippen molar-refractivity contribution in [2.75, 3.05) is 18.9 Å². The summed E-state index contributed by atoms with van der Waals surface area (Å²) in [6.45, 7) is 4.96. The summed E-state index contributed by atoms with van der Waals surface area (Å²) in [5, 5.41) is 21.2. The number of aromatic nitrogens is 3. The van der Waals surface area contributed by atoms with Gasteiger partial charge in [0.25, 0.3) is 0 Å². The van der Waals surface area contributed by atoms with Gasteiger partial charge in [0.2, 0.25) is 0 Å². The van der Waals surface area contributed by atoms with Crippen LogP contribution in [-0.4, -0.2) is 44.8 Å². The first kappa shape index (κ1) is 12.5. The fourth-order valence-electron chi connectivity index (χ4n) is 1.15. The quantitative estimate of drug-likeness (QED) is 0.683. The first-order valence-corrected chi connectivity index (χ1v) is 6.00. The molecule has 0 aliphatic carbocycles. The van der Waals surface area contributed by atoms with E-state index in [4.69, 9.17) is 5.11 Å². The molecule has 0 amide bonds. The van der Waals surface area contributed by atoms with Gasteiger partial charge in [-0.2, -0.15) is 0 Å². The lowest BCUT2D eigenvalue weighted by Gasteiger charge is -2.13. The van der Waals surface area contributed by atoms with E-state index >= 15 is 0 Å². The van der Waals surface area contributed by atoms with E-state index in [0.29, 0.717) is 0 Å². The number of aryl methyl sites for hydroxylation is 1. The maximum atomic E-state index is 9.09. The highest BCUT2D eigenvalue weighted by molar-refractivity contribution is 7.99. The summed E-state index contributed by atoms with van der Waals surface area (Å²) in [6.07, 6.45) is 0. The molecule has 0 aliphatic rings. The lowest BCUT2D eigenvalue weighted by molar-refractivity contribution is 0.255.